The largest absolute Gasteiger partial charge is 0.481 e. The molecule has 0 radical (unpaired) electrons. The molecule has 0 bridgehead atoms. The molecular weight excluding hydrogens is 318 g/mol. The van der Waals surface area contributed by atoms with Gasteiger partial charge in [0.15, 0.2) is 4.34 Å². The second-order valence-electron chi connectivity index (χ2n) is 4.20. The normalized spacial score (nSPS) is 11.3. The van der Waals surface area contributed by atoms with Crippen LogP contribution in [0.15, 0.2) is 15.2 Å². The van der Waals surface area contributed by atoms with Gasteiger partial charge < -0.3 is 5.11 Å². The van der Waals surface area contributed by atoms with Gasteiger partial charge in [0.25, 0.3) is 5.56 Å². The molecule has 0 aliphatic heterocycles. The molecule has 2 heterocycles. The van der Waals surface area contributed by atoms with Gasteiger partial charge in [-0.2, -0.15) is 4.52 Å². The summed E-state index contributed by atoms with van der Waals surface area (Å²) in [5, 5.41) is 13.2. The Morgan fingerprint density at radius 2 is 2.30 bits per heavy atom. The molecule has 0 amide bonds. The minimum atomic E-state index is -0.874. The summed E-state index contributed by atoms with van der Waals surface area (Å²) >= 11 is 4.18. The Morgan fingerprint density at radius 1 is 1.55 bits per heavy atom. The molecule has 6 nitrogen and oxygen atoms in total. The summed E-state index contributed by atoms with van der Waals surface area (Å²) in [4.78, 5) is 27.3. The highest BCUT2D eigenvalue weighted by Gasteiger charge is 2.11. The lowest BCUT2D eigenvalue weighted by Crippen LogP contribution is -2.15. The van der Waals surface area contributed by atoms with Crippen LogP contribution in [0.1, 0.15) is 19.5 Å². The van der Waals surface area contributed by atoms with E-state index in [1.165, 1.54) is 33.7 Å². The van der Waals surface area contributed by atoms with Crippen LogP contribution < -0.4 is 5.56 Å². The fourth-order valence-electron chi connectivity index (χ4n) is 1.40. The molecule has 2 rings (SSSR count). The number of carboxylic acid groups (broad SMARTS) is 1. The van der Waals surface area contributed by atoms with Gasteiger partial charge >= 0.3 is 5.97 Å². The van der Waals surface area contributed by atoms with Crippen molar-refractivity contribution in [3.63, 3.8) is 0 Å². The minimum absolute atomic E-state index is 0.00179. The van der Waals surface area contributed by atoms with E-state index >= 15 is 0 Å². The van der Waals surface area contributed by atoms with Gasteiger partial charge in [-0.25, -0.2) is 4.98 Å². The number of carbonyl (C=O) groups is 1. The molecule has 20 heavy (non-hydrogen) atoms. The van der Waals surface area contributed by atoms with Crippen LogP contribution in [-0.2, 0) is 10.5 Å². The van der Waals surface area contributed by atoms with Gasteiger partial charge in [0, 0.05) is 17.1 Å². The van der Waals surface area contributed by atoms with E-state index in [1.807, 2.05) is 0 Å². The van der Waals surface area contributed by atoms with Crippen LogP contribution in [0.4, 0.5) is 0 Å². The van der Waals surface area contributed by atoms with Crippen molar-refractivity contribution in [1.29, 1.82) is 0 Å². The molecule has 1 N–H and O–H groups in total. The predicted molar refractivity (Wildman–Crippen MR) is 81.9 cm³/mol. The van der Waals surface area contributed by atoms with E-state index < -0.39 is 5.97 Å². The summed E-state index contributed by atoms with van der Waals surface area (Å²) in [5.41, 5.74) is 0.360. The molecule has 0 spiro atoms. The van der Waals surface area contributed by atoms with Crippen molar-refractivity contribution in [2.45, 2.75) is 29.2 Å². The first-order chi connectivity index (χ1) is 9.45. The number of aliphatic carboxylic acids is 1. The Hall–Kier alpha value is -1.06. The van der Waals surface area contributed by atoms with E-state index in [-0.39, 0.29) is 11.3 Å². The number of thioether (sulfide) groups is 2. The van der Waals surface area contributed by atoms with E-state index in [0.717, 1.165) is 4.34 Å². The first-order valence-electron chi connectivity index (χ1n) is 5.81. The lowest BCUT2D eigenvalue weighted by molar-refractivity contribution is -0.133. The maximum Gasteiger partial charge on any atom is 0.313 e. The molecule has 0 saturated carbocycles. The third-order valence-corrected chi connectivity index (χ3v) is 5.04. The number of fused-ring (bicyclic) bond motifs is 1. The molecule has 2 aromatic rings. The highest BCUT2D eigenvalue weighted by atomic mass is 32.2. The smallest absolute Gasteiger partial charge is 0.313 e. The minimum Gasteiger partial charge on any atom is -0.481 e. The molecular formula is C11H13N3O3S3. The quantitative estimate of drug-likeness (QED) is 0.810. The highest BCUT2D eigenvalue weighted by Crippen LogP contribution is 2.26. The van der Waals surface area contributed by atoms with E-state index in [9.17, 15) is 9.59 Å². The van der Waals surface area contributed by atoms with Gasteiger partial charge in [0.05, 0.1) is 11.4 Å². The van der Waals surface area contributed by atoms with Crippen LogP contribution in [0.25, 0.3) is 4.96 Å². The monoisotopic (exact) mass is 331 g/mol. The zero-order valence-electron chi connectivity index (χ0n) is 10.9. The first-order valence-corrected chi connectivity index (χ1v) is 8.67. The molecule has 108 valence electrons. The Bertz CT molecular complexity index is 680. The van der Waals surface area contributed by atoms with Gasteiger partial charge in [-0.05, 0) is 0 Å². The average Bonchev–Trinajstić information content (AvgIpc) is 2.70. The van der Waals surface area contributed by atoms with Crippen LogP contribution in [0.5, 0.6) is 0 Å². The van der Waals surface area contributed by atoms with Crippen LogP contribution in [0.2, 0.25) is 0 Å². The van der Waals surface area contributed by atoms with E-state index in [4.69, 9.17) is 5.11 Å². The average molecular weight is 331 g/mol. The van der Waals surface area contributed by atoms with Gasteiger partial charge in [-0.15, -0.1) is 16.9 Å². The zero-order chi connectivity index (χ0) is 14.7. The summed E-state index contributed by atoms with van der Waals surface area (Å²) in [6.45, 7) is 4.11. The molecule has 9 heteroatoms. The number of nitrogens with zero attached hydrogens (tertiary/aromatic N) is 3. The van der Waals surface area contributed by atoms with Crippen LogP contribution in [0.3, 0.4) is 0 Å². The van der Waals surface area contributed by atoms with Crippen molar-refractivity contribution in [3.8, 4) is 0 Å². The lowest BCUT2D eigenvalue weighted by Gasteiger charge is -1.98. The lowest BCUT2D eigenvalue weighted by atomic mass is 10.4. The third kappa shape index (κ3) is 3.97. The fourth-order valence-corrected chi connectivity index (χ4v) is 4.22. The van der Waals surface area contributed by atoms with E-state index in [0.29, 0.717) is 21.7 Å². The van der Waals surface area contributed by atoms with Crippen LogP contribution in [-0.4, -0.2) is 36.7 Å². The topological polar surface area (TPSA) is 84.6 Å². The summed E-state index contributed by atoms with van der Waals surface area (Å²) in [5.74, 6) is -0.470. The van der Waals surface area contributed by atoms with Gasteiger partial charge in [0.2, 0.25) is 4.96 Å². The number of rotatable bonds is 6. The Labute approximate surface area is 127 Å². The number of aromatic nitrogens is 3. The molecule has 0 aromatic carbocycles. The molecule has 0 fully saturated rings. The highest BCUT2D eigenvalue weighted by molar-refractivity contribution is 8.01. The molecule has 0 aliphatic carbocycles. The van der Waals surface area contributed by atoms with Crippen molar-refractivity contribution >= 4 is 45.8 Å². The predicted octanol–water partition coefficient (Wildman–Crippen LogP) is 1.97. The van der Waals surface area contributed by atoms with Crippen molar-refractivity contribution in [3.05, 3.63) is 22.1 Å². The number of hydrogen-bond donors (Lipinski definition) is 1. The van der Waals surface area contributed by atoms with Crippen molar-refractivity contribution in [2.24, 2.45) is 0 Å². The molecule has 0 unspecified atom stereocenters. The summed E-state index contributed by atoms with van der Waals surface area (Å²) < 4.78 is 2.10. The summed E-state index contributed by atoms with van der Waals surface area (Å²) in [6.07, 6.45) is 0. The zero-order valence-corrected chi connectivity index (χ0v) is 13.3. The molecule has 0 saturated heterocycles. The fraction of sp³-hybridized carbons (Fsp3) is 0.455. The molecule has 0 aliphatic rings. The van der Waals surface area contributed by atoms with Gasteiger partial charge in [-0.3, -0.25) is 9.59 Å². The van der Waals surface area contributed by atoms with Crippen LogP contribution >= 0.6 is 34.9 Å². The molecule has 0 atom stereocenters. The maximum absolute atomic E-state index is 11.9. The third-order valence-electron chi connectivity index (χ3n) is 2.09. The second kappa shape index (κ2) is 6.59. The van der Waals surface area contributed by atoms with Gasteiger partial charge in [-0.1, -0.05) is 36.9 Å². The Morgan fingerprint density at radius 3 is 2.95 bits per heavy atom. The maximum atomic E-state index is 11.9. The number of hydrogen-bond acceptors (Lipinski definition) is 7. The molecule has 2 aromatic heterocycles. The van der Waals surface area contributed by atoms with E-state index in [1.54, 1.807) is 11.8 Å². The van der Waals surface area contributed by atoms with Gasteiger partial charge in [0.1, 0.15) is 0 Å². The first kappa shape index (κ1) is 15.3. The Kier molecular flexibility index (Phi) is 5.06. The van der Waals surface area contributed by atoms with Crippen molar-refractivity contribution in [1.82, 2.24) is 14.6 Å². The second-order valence-corrected chi connectivity index (χ2v) is 7.97. The summed E-state index contributed by atoms with van der Waals surface area (Å²) in [7, 11) is 0. The van der Waals surface area contributed by atoms with Crippen molar-refractivity contribution < 1.29 is 9.90 Å². The van der Waals surface area contributed by atoms with Crippen molar-refractivity contribution in [2.75, 3.05) is 5.75 Å². The standard InChI is InChI=1S/C11H13N3O3S3/c1-6(2)19-11-13-14-8(15)3-7(12-10(14)20-11)4-18-5-9(16)17/h3,6H,4-5H2,1-2H3,(H,16,17). The SMILES string of the molecule is CC(C)Sc1nn2c(=O)cc(CSCC(=O)O)nc2s1. The van der Waals surface area contributed by atoms with Crippen LogP contribution in [0, 0.1) is 0 Å². The number of carboxylic acids is 1. The summed E-state index contributed by atoms with van der Waals surface area (Å²) in [6, 6.07) is 1.41. The van der Waals surface area contributed by atoms with E-state index in [2.05, 4.69) is 23.9 Å². The Balaban J connectivity index is 2.22.